The first-order chi connectivity index (χ1) is 8.65. The number of carbonyl (C=O) groups excluding carboxylic acids is 1. The first-order valence-corrected chi connectivity index (χ1v) is 6.12. The molecule has 90 valence electrons. The Bertz CT molecular complexity index is 623. The summed E-state index contributed by atoms with van der Waals surface area (Å²) in [5, 5.41) is 8.73. The molecule has 1 aromatic heterocycles. The molecular formula is C13H10BrN3O. The van der Waals surface area contributed by atoms with Crippen LogP contribution in [0.15, 0.2) is 28.9 Å². The Hall–Kier alpha value is -1.93. The van der Waals surface area contributed by atoms with E-state index in [2.05, 4.69) is 27.0 Å². The monoisotopic (exact) mass is 303 g/mol. The number of aromatic nitrogens is 2. The van der Waals surface area contributed by atoms with Gasteiger partial charge in [0.2, 0.25) is 0 Å². The molecule has 0 amide bonds. The van der Waals surface area contributed by atoms with Gasteiger partial charge in [-0.25, -0.2) is 4.98 Å². The third-order valence-electron chi connectivity index (χ3n) is 2.69. The SMILES string of the molecule is Cc1nc(Br)c(C=O)n1Cc1ccc(C#N)cc1. The summed E-state index contributed by atoms with van der Waals surface area (Å²) in [6.45, 7) is 2.41. The molecule has 1 heterocycles. The van der Waals surface area contributed by atoms with Gasteiger partial charge in [0.25, 0.3) is 0 Å². The van der Waals surface area contributed by atoms with Crippen LogP contribution in [0.1, 0.15) is 27.4 Å². The van der Waals surface area contributed by atoms with Crippen molar-refractivity contribution in [3.05, 3.63) is 51.5 Å². The van der Waals surface area contributed by atoms with Crippen LogP contribution in [0.4, 0.5) is 0 Å². The van der Waals surface area contributed by atoms with Gasteiger partial charge in [-0.05, 0) is 40.5 Å². The zero-order chi connectivity index (χ0) is 13.1. The van der Waals surface area contributed by atoms with E-state index in [0.717, 1.165) is 17.7 Å². The lowest BCUT2D eigenvalue weighted by atomic mass is 10.1. The molecule has 0 unspecified atom stereocenters. The molecule has 0 N–H and O–H groups in total. The first kappa shape index (κ1) is 12.5. The average Bonchev–Trinajstić information content (AvgIpc) is 2.64. The van der Waals surface area contributed by atoms with Crippen LogP contribution in [0.5, 0.6) is 0 Å². The number of benzene rings is 1. The van der Waals surface area contributed by atoms with E-state index in [4.69, 9.17) is 5.26 Å². The maximum absolute atomic E-state index is 11.0. The van der Waals surface area contributed by atoms with Crippen LogP contribution >= 0.6 is 15.9 Å². The standard InChI is InChI=1S/C13H10BrN3O/c1-9-16-13(14)12(8-18)17(9)7-11-4-2-10(6-15)3-5-11/h2-5,8H,7H2,1H3. The van der Waals surface area contributed by atoms with Crippen molar-refractivity contribution in [1.29, 1.82) is 5.26 Å². The van der Waals surface area contributed by atoms with Crippen molar-refractivity contribution in [2.45, 2.75) is 13.5 Å². The van der Waals surface area contributed by atoms with Crippen LogP contribution in [-0.2, 0) is 6.54 Å². The van der Waals surface area contributed by atoms with Gasteiger partial charge >= 0.3 is 0 Å². The summed E-state index contributed by atoms with van der Waals surface area (Å²) in [5.41, 5.74) is 2.17. The van der Waals surface area contributed by atoms with E-state index in [0.29, 0.717) is 22.4 Å². The molecule has 18 heavy (non-hydrogen) atoms. The molecule has 5 heteroatoms. The fourth-order valence-electron chi connectivity index (χ4n) is 1.72. The van der Waals surface area contributed by atoms with Crippen molar-refractivity contribution in [2.75, 3.05) is 0 Å². The summed E-state index contributed by atoms with van der Waals surface area (Å²) >= 11 is 3.26. The van der Waals surface area contributed by atoms with Crippen LogP contribution in [0.3, 0.4) is 0 Å². The zero-order valence-electron chi connectivity index (χ0n) is 9.72. The van der Waals surface area contributed by atoms with Gasteiger partial charge in [0.05, 0.1) is 11.6 Å². The number of nitrogens with zero attached hydrogens (tertiary/aromatic N) is 3. The minimum absolute atomic E-state index is 0.525. The number of aldehydes is 1. The van der Waals surface area contributed by atoms with Crippen LogP contribution in [0, 0.1) is 18.3 Å². The molecule has 4 nitrogen and oxygen atoms in total. The van der Waals surface area contributed by atoms with Gasteiger partial charge in [0.1, 0.15) is 16.1 Å². The van der Waals surface area contributed by atoms with Gasteiger partial charge in [0.15, 0.2) is 6.29 Å². The molecule has 0 aliphatic carbocycles. The summed E-state index contributed by atoms with van der Waals surface area (Å²) in [5.74, 6) is 0.772. The number of carbonyl (C=O) groups is 1. The normalized spacial score (nSPS) is 10.1. The smallest absolute Gasteiger partial charge is 0.169 e. The van der Waals surface area contributed by atoms with Crippen LogP contribution in [0.25, 0.3) is 0 Å². The lowest BCUT2D eigenvalue weighted by Gasteiger charge is -2.07. The number of hydrogen-bond acceptors (Lipinski definition) is 3. The van der Waals surface area contributed by atoms with Crippen molar-refractivity contribution in [2.24, 2.45) is 0 Å². The summed E-state index contributed by atoms with van der Waals surface area (Å²) in [4.78, 5) is 15.2. The fraction of sp³-hybridized carbons (Fsp3) is 0.154. The third kappa shape index (κ3) is 2.34. The van der Waals surface area contributed by atoms with Crippen molar-refractivity contribution in [3.8, 4) is 6.07 Å². The number of rotatable bonds is 3. The second kappa shape index (κ2) is 5.15. The molecular weight excluding hydrogens is 294 g/mol. The maximum Gasteiger partial charge on any atom is 0.169 e. The van der Waals surface area contributed by atoms with E-state index >= 15 is 0 Å². The van der Waals surface area contributed by atoms with Crippen LogP contribution in [0.2, 0.25) is 0 Å². The van der Waals surface area contributed by atoms with Crippen molar-refractivity contribution < 1.29 is 4.79 Å². The average molecular weight is 304 g/mol. The number of aryl methyl sites for hydroxylation is 1. The van der Waals surface area contributed by atoms with Crippen molar-refractivity contribution in [3.63, 3.8) is 0 Å². The third-order valence-corrected chi connectivity index (χ3v) is 3.27. The maximum atomic E-state index is 11.0. The Balaban J connectivity index is 2.34. The highest BCUT2D eigenvalue weighted by Crippen LogP contribution is 2.17. The molecule has 2 aromatic rings. The Labute approximate surface area is 113 Å². The molecule has 0 spiro atoms. The van der Waals surface area contributed by atoms with Crippen molar-refractivity contribution >= 4 is 22.2 Å². The van der Waals surface area contributed by atoms with Gasteiger partial charge in [-0.3, -0.25) is 4.79 Å². The fourth-order valence-corrected chi connectivity index (χ4v) is 2.29. The largest absolute Gasteiger partial charge is 0.321 e. The summed E-state index contributed by atoms with van der Waals surface area (Å²) in [7, 11) is 0. The zero-order valence-corrected chi connectivity index (χ0v) is 11.3. The summed E-state index contributed by atoms with van der Waals surface area (Å²) in [6, 6.07) is 9.35. The highest BCUT2D eigenvalue weighted by atomic mass is 79.9. The predicted molar refractivity (Wildman–Crippen MR) is 70.3 cm³/mol. The predicted octanol–water partition coefficient (Wildman–Crippen LogP) is 2.69. The van der Waals surface area contributed by atoms with Gasteiger partial charge in [-0.15, -0.1) is 0 Å². The molecule has 0 radical (unpaired) electrons. The molecule has 0 fully saturated rings. The van der Waals surface area contributed by atoms with E-state index in [-0.39, 0.29) is 0 Å². The Morgan fingerprint density at radius 1 is 1.44 bits per heavy atom. The molecule has 2 rings (SSSR count). The van der Waals surface area contributed by atoms with Gasteiger partial charge < -0.3 is 4.57 Å². The molecule has 0 saturated heterocycles. The Kier molecular flexibility index (Phi) is 3.58. The molecule has 0 bridgehead atoms. The van der Waals surface area contributed by atoms with Gasteiger partial charge in [-0.1, -0.05) is 12.1 Å². The van der Waals surface area contributed by atoms with E-state index in [9.17, 15) is 4.79 Å². The summed E-state index contributed by atoms with van der Waals surface area (Å²) in [6.07, 6.45) is 0.785. The second-order valence-electron chi connectivity index (χ2n) is 3.85. The van der Waals surface area contributed by atoms with E-state index < -0.39 is 0 Å². The van der Waals surface area contributed by atoms with Crippen LogP contribution < -0.4 is 0 Å². The number of halogens is 1. The minimum Gasteiger partial charge on any atom is -0.321 e. The van der Waals surface area contributed by atoms with Gasteiger partial charge in [0, 0.05) is 6.54 Å². The quantitative estimate of drug-likeness (QED) is 0.819. The lowest BCUT2D eigenvalue weighted by Crippen LogP contribution is -2.06. The molecule has 0 atom stereocenters. The second-order valence-corrected chi connectivity index (χ2v) is 4.60. The highest BCUT2D eigenvalue weighted by Gasteiger charge is 2.11. The van der Waals surface area contributed by atoms with Crippen molar-refractivity contribution in [1.82, 2.24) is 9.55 Å². The van der Waals surface area contributed by atoms with E-state index in [1.807, 2.05) is 23.6 Å². The minimum atomic E-state index is 0.525. The number of hydrogen-bond donors (Lipinski definition) is 0. The topological polar surface area (TPSA) is 58.7 Å². The Morgan fingerprint density at radius 3 is 2.67 bits per heavy atom. The lowest BCUT2D eigenvalue weighted by molar-refractivity contribution is 0.111. The van der Waals surface area contributed by atoms with E-state index in [1.54, 1.807) is 12.1 Å². The highest BCUT2D eigenvalue weighted by molar-refractivity contribution is 9.10. The number of nitriles is 1. The summed E-state index contributed by atoms with van der Waals surface area (Å²) < 4.78 is 2.39. The molecule has 0 aliphatic heterocycles. The Morgan fingerprint density at radius 2 is 2.11 bits per heavy atom. The molecule has 1 aromatic carbocycles. The molecule has 0 saturated carbocycles. The first-order valence-electron chi connectivity index (χ1n) is 5.32. The van der Waals surface area contributed by atoms with E-state index in [1.165, 1.54) is 0 Å². The van der Waals surface area contributed by atoms with Crippen LogP contribution in [-0.4, -0.2) is 15.8 Å². The number of imidazole rings is 1. The van der Waals surface area contributed by atoms with Gasteiger partial charge in [-0.2, -0.15) is 5.26 Å². The molecule has 0 aliphatic rings.